The van der Waals surface area contributed by atoms with E-state index in [1.807, 2.05) is 28.8 Å². The van der Waals surface area contributed by atoms with Crippen LogP contribution in [-0.2, 0) is 6.54 Å². The van der Waals surface area contributed by atoms with Crippen LogP contribution in [0.5, 0.6) is 5.75 Å². The van der Waals surface area contributed by atoms with Gasteiger partial charge in [-0.25, -0.2) is 9.78 Å². The van der Waals surface area contributed by atoms with Crippen LogP contribution in [0.1, 0.15) is 50.6 Å². The number of hydrogen-bond acceptors (Lipinski definition) is 5. The van der Waals surface area contributed by atoms with E-state index in [4.69, 9.17) is 9.72 Å². The normalized spacial score (nSPS) is 14.6. The summed E-state index contributed by atoms with van der Waals surface area (Å²) in [5.74, 6) is 1.37. The van der Waals surface area contributed by atoms with Crippen molar-refractivity contribution in [2.24, 2.45) is 0 Å². The van der Waals surface area contributed by atoms with Gasteiger partial charge in [-0.3, -0.25) is 9.13 Å². The second kappa shape index (κ2) is 8.04. The minimum atomic E-state index is -0.000315. The minimum Gasteiger partial charge on any atom is -0.497 e. The van der Waals surface area contributed by atoms with Crippen LogP contribution < -0.4 is 15.7 Å². The van der Waals surface area contributed by atoms with Crippen LogP contribution >= 0.6 is 0 Å². The number of hydrogen-bond donors (Lipinski definition) is 1. The van der Waals surface area contributed by atoms with Crippen LogP contribution in [-0.4, -0.2) is 32.8 Å². The first kappa shape index (κ1) is 18.5. The minimum absolute atomic E-state index is 0.000315. The fourth-order valence-electron chi connectivity index (χ4n) is 3.95. The Morgan fingerprint density at radius 2 is 1.96 bits per heavy atom. The van der Waals surface area contributed by atoms with E-state index in [9.17, 15) is 4.79 Å². The molecule has 1 aliphatic rings. The summed E-state index contributed by atoms with van der Waals surface area (Å²) >= 11 is 0. The second-order valence-corrected chi connectivity index (χ2v) is 7.35. The van der Waals surface area contributed by atoms with E-state index in [0.29, 0.717) is 18.1 Å². The van der Waals surface area contributed by atoms with E-state index in [-0.39, 0.29) is 11.7 Å². The highest BCUT2D eigenvalue weighted by molar-refractivity contribution is 5.72. The molecule has 1 aliphatic carbocycles. The predicted octanol–water partition coefficient (Wildman–Crippen LogP) is 3.59. The van der Waals surface area contributed by atoms with Crippen molar-refractivity contribution in [3.8, 4) is 5.75 Å². The molecule has 148 valence electrons. The number of nitrogens with zero attached hydrogens (tertiary/aromatic N) is 4. The van der Waals surface area contributed by atoms with Gasteiger partial charge in [0.25, 0.3) is 0 Å². The van der Waals surface area contributed by atoms with Crippen LogP contribution in [0, 0.1) is 0 Å². The molecule has 7 heteroatoms. The van der Waals surface area contributed by atoms with Crippen LogP contribution in [0.15, 0.2) is 35.3 Å². The van der Waals surface area contributed by atoms with E-state index in [2.05, 4.69) is 17.2 Å². The summed E-state index contributed by atoms with van der Waals surface area (Å²) in [6.07, 6.45) is 7.20. The van der Waals surface area contributed by atoms with E-state index in [0.717, 1.165) is 42.6 Å². The second-order valence-electron chi connectivity index (χ2n) is 7.35. The lowest BCUT2D eigenvalue weighted by molar-refractivity contribution is 0.414. The molecular weight excluding hydrogens is 354 g/mol. The summed E-state index contributed by atoms with van der Waals surface area (Å²) in [4.78, 5) is 22.5. The van der Waals surface area contributed by atoms with Crippen LogP contribution in [0.2, 0.25) is 0 Å². The predicted molar refractivity (Wildman–Crippen MR) is 110 cm³/mol. The summed E-state index contributed by atoms with van der Waals surface area (Å²) < 4.78 is 8.92. The van der Waals surface area contributed by atoms with Crippen molar-refractivity contribution in [3.63, 3.8) is 0 Å². The number of aromatic nitrogens is 4. The fourth-order valence-corrected chi connectivity index (χ4v) is 3.95. The highest BCUT2D eigenvalue weighted by atomic mass is 16.5. The lowest BCUT2D eigenvalue weighted by Crippen LogP contribution is -2.27. The van der Waals surface area contributed by atoms with Crippen molar-refractivity contribution in [2.45, 2.75) is 51.6 Å². The van der Waals surface area contributed by atoms with Crippen LogP contribution in [0.4, 0.5) is 5.95 Å². The molecule has 0 spiro atoms. The number of rotatable bonds is 7. The van der Waals surface area contributed by atoms with Gasteiger partial charge in [0.05, 0.1) is 19.9 Å². The molecule has 0 saturated heterocycles. The van der Waals surface area contributed by atoms with Gasteiger partial charge in [-0.05, 0) is 37.0 Å². The summed E-state index contributed by atoms with van der Waals surface area (Å²) in [6, 6.07) is 8.05. The van der Waals surface area contributed by atoms with Crippen molar-refractivity contribution >= 4 is 17.1 Å². The van der Waals surface area contributed by atoms with Crippen molar-refractivity contribution in [1.29, 1.82) is 0 Å². The lowest BCUT2D eigenvalue weighted by atomic mass is 10.2. The zero-order chi connectivity index (χ0) is 19.5. The third-order valence-electron chi connectivity index (χ3n) is 5.42. The van der Waals surface area contributed by atoms with E-state index in [1.165, 1.54) is 12.8 Å². The molecule has 0 radical (unpaired) electrons. The molecule has 0 unspecified atom stereocenters. The van der Waals surface area contributed by atoms with Gasteiger partial charge in [-0.2, -0.15) is 4.98 Å². The SMILES string of the molecule is CCCNc1ncc2c(n1)n(Cc1ccc(OC)cc1)c(=O)n2C1CCCC1. The average molecular weight is 381 g/mol. The molecule has 4 rings (SSSR count). The number of fused-ring (bicyclic) bond motifs is 1. The largest absolute Gasteiger partial charge is 0.497 e. The molecule has 1 N–H and O–H groups in total. The fraction of sp³-hybridized carbons (Fsp3) is 0.476. The first-order valence-corrected chi connectivity index (χ1v) is 10.1. The van der Waals surface area contributed by atoms with E-state index in [1.54, 1.807) is 17.9 Å². The Labute approximate surface area is 164 Å². The average Bonchev–Trinajstić information content (AvgIpc) is 3.34. The number of anilines is 1. The molecule has 7 nitrogen and oxygen atoms in total. The topological polar surface area (TPSA) is 74.0 Å². The lowest BCUT2D eigenvalue weighted by Gasteiger charge is -2.10. The maximum atomic E-state index is 13.3. The highest BCUT2D eigenvalue weighted by Crippen LogP contribution is 2.31. The molecule has 28 heavy (non-hydrogen) atoms. The zero-order valence-corrected chi connectivity index (χ0v) is 16.5. The molecule has 1 fully saturated rings. The smallest absolute Gasteiger partial charge is 0.330 e. The number of benzene rings is 1. The Hall–Kier alpha value is -2.83. The molecule has 3 aromatic rings. The summed E-state index contributed by atoms with van der Waals surface area (Å²) in [7, 11) is 1.65. The summed E-state index contributed by atoms with van der Waals surface area (Å²) in [6.45, 7) is 3.38. The first-order valence-electron chi connectivity index (χ1n) is 10.1. The molecular formula is C21H27N5O2. The molecule has 2 aromatic heterocycles. The standard InChI is InChI=1S/C21H27N5O2/c1-3-12-22-20-23-13-18-19(24-20)25(14-15-8-10-17(28-2)11-9-15)21(27)26(18)16-6-4-5-7-16/h8-11,13,16H,3-7,12,14H2,1-2H3,(H,22,23,24). The number of imidazole rings is 1. The van der Waals surface area contributed by atoms with Gasteiger partial charge in [-0.15, -0.1) is 0 Å². The molecule has 0 amide bonds. The Morgan fingerprint density at radius 1 is 1.21 bits per heavy atom. The van der Waals surface area contributed by atoms with Gasteiger partial charge in [0, 0.05) is 12.6 Å². The monoisotopic (exact) mass is 381 g/mol. The van der Waals surface area contributed by atoms with Crippen molar-refractivity contribution < 1.29 is 4.74 Å². The molecule has 2 heterocycles. The molecule has 0 aliphatic heterocycles. The van der Waals surface area contributed by atoms with E-state index >= 15 is 0 Å². The van der Waals surface area contributed by atoms with Crippen LogP contribution in [0.3, 0.4) is 0 Å². The number of nitrogens with one attached hydrogen (secondary N) is 1. The van der Waals surface area contributed by atoms with Crippen molar-refractivity contribution in [1.82, 2.24) is 19.1 Å². The Bertz CT molecular complexity index is 1000. The molecule has 0 atom stereocenters. The van der Waals surface area contributed by atoms with Crippen molar-refractivity contribution in [2.75, 3.05) is 19.0 Å². The van der Waals surface area contributed by atoms with Gasteiger partial charge in [0.2, 0.25) is 5.95 Å². The maximum absolute atomic E-state index is 13.3. The van der Waals surface area contributed by atoms with Gasteiger partial charge < -0.3 is 10.1 Å². The first-order chi connectivity index (χ1) is 13.7. The van der Waals surface area contributed by atoms with Gasteiger partial charge in [-0.1, -0.05) is 31.9 Å². The Balaban J connectivity index is 1.79. The van der Waals surface area contributed by atoms with Gasteiger partial charge in [0.1, 0.15) is 11.3 Å². The summed E-state index contributed by atoms with van der Waals surface area (Å²) in [5, 5.41) is 3.23. The Morgan fingerprint density at radius 3 is 2.64 bits per heavy atom. The summed E-state index contributed by atoms with van der Waals surface area (Å²) in [5.41, 5.74) is 2.56. The number of methoxy groups -OCH3 is 1. The van der Waals surface area contributed by atoms with Gasteiger partial charge in [0.15, 0.2) is 5.65 Å². The van der Waals surface area contributed by atoms with E-state index < -0.39 is 0 Å². The quantitative estimate of drug-likeness (QED) is 0.677. The van der Waals surface area contributed by atoms with Gasteiger partial charge >= 0.3 is 5.69 Å². The molecule has 1 saturated carbocycles. The van der Waals surface area contributed by atoms with Crippen LogP contribution in [0.25, 0.3) is 11.2 Å². The Kier molecular flexibility index (Phi) is 5.32. The maximum Gasteiger partial charge on any atom is 0.330 e. The highest BCUT2D eigenvalue weighted by Gasteiger charge is 2.24. The third kappa shape index (κ3) is 3.48. The number of ether oxygens (including phenoxy) is 1. The molecule has 1 aromatic carbocycles. The third-order valence-corrected chi connectivity index (χ3v) is 5.42. The molecule has 0 bridgehead atoms. The van der Waals surface area contributed by atoms with Crippen molar-refractivity contribution in [3.05, 3.63) is 46.5 Å². The zero-order valence-electron chi connectivity index (χ0n) is 16.5.